The number of furan rings is 1. The Bertz CT molecular complexity index is 342. The lowest BCUT2D eigenvalue weighted by Crippen LogP contribution is -2.44. The number of nitrogens with two attached hydrogens (primary N) is 1. The molecule has 94 valence electrons. The van der Waals surface area contributed by atoms with E-state index in [9.17, 15) is 4.79 Å². The lowest BCUT2D eigenvalue weighted by molar-refractivity contribution is 0.0609. The second kappa shape index (κ2) is 5.87. The Labute approximate surface area is 102 Å². The summed E-state index contributed by atoms with van der Waals surface area (Å²) in [4.78, 5) is 14.2. The van der Waals surface area contributed by atoms with Gasteiger partial charge in [-0.1, -0.05) is 19.3 Å². The standard InChI is InChI=1S/C13H20N2O2/c14-8-9-15(11-5-2-1-3-6-11)13(16)12-7-4-10-17-12/h4,7,10-11H,1-3,5-6,8-9,14H2. The fourth-order valence-electron chi connectivity index (χ4n) is 2.52. The van der Waals surface area contributed by atoms with E-state index in [1.54, 1.807) is 12.1 Å². The topological polar surface area (TPSA) is 59.5 Å². The first-order chi connectivity index (χ1) is 8.33. The van der Waals surface area contributed by atoms with E-state index in [-0.39, 0.29) is 5.91 Å². The Morgan fingerprint density at radius 3 is 2.76 bits per heavy atom. The molecule has 0 saturated heterocycles. The third-order valence-electron chi connectivity index (χ3n) is 3.38. The van der Waals surface area contributed by atoms with Crippen LogP contribution in [-0.4, -0.2) is 29.9 Å². The maximum absolute atomic E-state index is 12.3. The molecule has 1 fully saturated rings. The Balaban J connectivity index is 2.07. The van der Waals surface area contributed by atoms with Crippen molar-refractivity contribution in [3.63, 3.8) is 0 Å². The lowest BCUT2D eigenvalue weighted by Gasteiger charge is -2.33. The number of amides is 1. The summed E-state index contributed by atoms with van der Waals surface area (Å²) >= 11 is 0. The fraction of sp³-hybridized carbons (Fsp3) is 0.615. The maximum Gasteiger partial charge on any atom is 0.289 e. The predicted octanol–water partition coefficient (Wildman–Crippen LogP) is 2.01. The highest BCUT2D eigenvalue weighted by Gasteiger charge is 2.26. The molecule has 0 aliphatic heterocycles. The zero-order valence-corrected chi connectivity index (χ0v) is 10.1. The molecule has 0 atom stereocenters. The quantitative estimate of drug-likeness (QED) is 0.870. The molecule has 1 aliphatic carbocycles. The van der Waals surface area contributed by atoms with Crippen LogP contribution in [0.25, 0.3) is 0 Å². The predicted molar refractivity (Wildman–Crippen MR) is 65.7 cm³/mol. The number of carbonyl (C=O) groups excluding carboxylic acids is 1. The lowest BCUT2D eigenvalue weighted by atomic mass is 9.94. The van der Waals surface area contributed by atoms with Gasteiger partial charge in [0.25, 0.3) is 5.91 Å². The molecule has 0 radical (unpaired) electrons. The summed E-state index contributed by atoms with van der Waals surface area (Å²) in [5.74, 6) is 0.399. The average molecular weight is 236 g/mol. The summed E-state index contributed by atoms with van der Waals surface area (Å²) in [6.07, 6.45) is 7.41. The van der Waals surface area contributed by atoms with Crippen molar-refractivity contribution < 1.29 is 9.21 Å². The summed E-state index contributed by atoms with van der Waals surface area (Å²) in [6.45, 7) is 1.12. The number of nitrogens with zero attached hydrogens (tertiary/aromatic N) is 1. The van der Waals surface area contributed by atoms with Crippen LogP contribution in [-0.2, 0) is 0 Å². The molecule has 0 unspecified atom stereocenters. The Kier molecular flexibility index (Phi) is 4.20. The van der Waals surface area contributed by atoms with Crippen molar-refractivity contribution in [1.82, 2.24) is 4.90 Å². The van der Waals surface area contributed by atoms with Gasteiger partial charge in [-0.2, -0.15) is 0 Å². The van der Waals surface area contributed by atoms with Crippen LogP contribution in [0.5, 0.6) is 0 Å². The van der Waals surface area contributed by atoms with Crippen molar-refractivity contribution in [3.05, 3.63) is 24.2 Å². The third kappa shape index (κ3) is 2.88. The molecule has 1 aromatic heterocycles. The van der Waals surface area contributed by atoms with Crippen LogP contribution in [0.2, 0.25) is 0 Å². The van der Waals surface area contributed by atoms with Crippen LogP contribution in [0.15, 0.2) is 22.8 Å². The van der Waals surface area contributed by atoms with Crippen molar-refractivity contribution >= 4 is 5.91 Å². The molecule has 2 rings (SSSR count). The first-order valence-electron chi connectivity index (χ1n) is 6.37. The van der Waals surface area contributed by atoms with E-state index >= 15 is 0 Å². The van der Waals surface area contributed by atoms with Gasteiger partial charge in [0, 0.05) is 19.1 Å². The van der Waals surface area contributed by atoms with E-state index in [2.05, 4.69) is 0 Å². The third-order valence-corrected chi connectivity index (χ3v) is 3.38. The van der Waals surface area contributed by atoms with Gasteiger partial charge in [-0.05, 0) is 25.0 Å². The molecule has 4 heteroatoms. The van der Waals surface area contributed by atoms with Crippen molar-refractivity contribution in [2.45, 2.75) is 38.1 Å². The van der Waals surface area contributed by atoms with Gasteiger partial charge in [-0.25, -0.2) is 0 Å². The van der Waals surface area contributed by atoms with Crippen LogP contribution in [0.3, 0.4) is 0 Å². The van der Waals surface area contributed by atoms with E-state index in [4.69, 9.17) is 10.2 Å². The van der Waals surface area contributed by atoms with Crippen LogP contribution >= 0.6 is 0 Å². The molecule has 17 heavy (non-hydrogen) atoms. The number of hydrogen-bond donors (Lipinski definition) is 1. The summed E-state index contributed by atoms with van der Waals surface area (Å²) in [5, 5.41) is 0. The van der Waals surface area contributed by atoms with E-state index in [0.29, 0.717) is 24.9 Å². The molecular weight excluding hydrogens is 216 g/mol. The minimum atomic E-state index is -0.0210. The largest absolute Gasteiger partial charge is 0.459 e. The minimum absolute atomic E-state index is 0.0210. The second-order valence-electron chi connectivity index (χ2n) is 4.56. The number of carbonyl (C=O) groups is 1. The van der Waals surface area contributed by atoms with E-state index < -0.39 is 0 Å². The van der Waals surface area contributed by atoms with Gasteiger partial charge in [0.05, 0.1) is 6.26 Å². The first-order valence-corrected chi connectivity index (χ1v) is 6.37. The monoisotopic (exact) mass is 236 g/mol. The molecule has 0 aromatic carbocycles. The van der Waals surface area contributed by atoms with Crippen molar-refractivity contribution in [2.24, 2.45) is 5.73 Å². The first kappa shape index (κ1) is 12.2. The highest BCUT2D eigenvalue weighted by molar-refractivity contribution is 5.91. The summed E-state index contributed by atoms with van der Waals surface area (Å²) in [6, 6.07) is 3.80. The molecule has 1 heterocycles. The van der Waals surface area contributed by atoms with Crippen LogP contribution in [0.1, 0.15) is 42.7 Å². The molecule has 2 N–H and O–H groups in total. The average Bonchev–Trinajstić information content (AvgIpc) is 2.90. The molecule has 4 nitrogen and oxygen atoms in total. The van der Waals surface area contributed by atoms with E-state index in [1.165, 1.54) is 25.5 Å². The molecule has 1 aromatic rings. The van der Waals surface area contributed by atoms with Crippen LogP contribution in [0, 0.1) is 0 Å². The smallest absolute Gasteiger partial charge is 0.289 e. The van der Waals surface area contributed by atoms with Gasteiger partial charge < -0.3 is 15.1 Å². The Morgan fingerprint density at radius 1 is 1.41 bits per heavy atom. The van der Waals surface area contributed by atoms with Crippen molar-refractivity contribution in [3.8, 4) is 0 Å². The maximum atomic E-state index is 12.3. The van der Waals surface area contributed by atoms with Gasteiger partial charge in [0.2, 0.25) is 0 Å². The van der Waals surface area contributed by atoms with Gasteiger partial charge in [0.15, 0.2) is 5.76 Å². The SMILES string of the molecule is NCCN(C(=O)c1ccco1)C1CCCCC1. The van der Waals surface area contributed by atoms with Gasteiger partial charge in [0.1, 0.15) is 0 Å². The van der Waals surface area contributed by atoms with Gasteiger partial charge in [-0.3, -0.25) is 4.79 Å². The van der Waals surface area contributed by atoms with Crippen LogP contribution < -0.4 is 5.73 Å². The normalized spacial score (nSPS) is 17.0. The molecule has 0 bridgehead atoms. The Hall–Kier alpha value is -1.29. The van der Waals surface area contributed by atoms with E-state index in [0.717, 1.165) is 12.8 Å². The molecule has 0 spiro atoms. The van der Waals surface area contributed by atoms with Crippen molar-refractivity contribution in [2.75, 3.05) is 13.1 Å². The minimum Gasteiger partial charge on any atom is -0.459 e. The Morgan fingerprint density at radius 2 is 2.18 bits per heavy atom. The summed E-state index contributed by atoms with van der Waals surface area (Å²) in [5.41, 5.74) is 5.60. The van der Waals surface area contributed by atoms with Gasteiger partial charge >= 0.3 is 0 Å². The summed E-state index contributed by atoms with van der Waals surface area (Å²) < 4.78 is 5.18. The van der Waals surface area contributed by atoms with Crippen molar-refractivity contribution in [1.29, 1.82) is 0 Å². The molecule has 1 amide bonds. The molecular formula is C13H20N2O2. The zero-order chi connectivity index (χ0) is 12.1. The molecule has 1 aliphatic rings. The van der Waals surface area contributed by atoms with Gasteiger partial charge in [-0.15, -0.1) is 0 Å². The number of rotatable bonds is 4. The van der Waals surface area contributed by atoms with E-state index in [1.807, 2.05) is 4.90 Å². The highest BCUT2D eigenvalue weighted by atomic mass is 16.3. The number of hydrogen-bond acceptors (Lipinski definition) is 3. The highest BCUT2D eigenvalue weighted by Crippen LogP contribution is 2.23. The summed E-state index contributed by atoms with van der Waals surface area (Å²) in [7, 11) is 0. The fourth-order valence-corrected chi connectivity index (χ4v) is 2.52. The van der Waals surface area contributed by atoms with Crippen LogP contribution in [0.4, 0.5) is 0 Å². The second-order valence-corrected chi connectivity index (χ2v) is 4.56. The zero-order valence-electron chi connectivity index (χ0n) is 10.1. The molecule has 1 saturated carbocycles.